The molecule has 0 aliphatic heterocycles. The van der Waals surface area contributed by atoms with Gasteiger partial charge < -0.3 is 10.4 Å². The van der Waals surface area contributed by atoms with Gasteiger partial charge in [0.2, 0.25) is 0 Å². The summed E-state index contributed by atoms with van der Waals surface area (Å²) in [6.07, 6.45) is 0. The van der Waals surface area contributed by atoms with E-state index in [0.29, 0.717) is 12.1 Å². The fourth-order valence-corrected chi connectivity index (χ4v) is 1.59. The Bertz CT molecular complexity index is 558. The predicted molar refractivity (Wildman–Crippen MR) is 66.6 cm³/mol. The van der Waals surface area contributed by atoms with Gasteiger partial charge >= 0.3 is 0 Å². The Kier molecular flexibility index (Phi) is 3.27. The summed E-state index contributed by atoms with van der Waals surface area (Å²) in [5.41, 5.74) is 2.18. The van der Waals surface area contributed by atoms with Crippen molar-refractivity contribution in [2.45, 2.75) is 6.54 Å². The molecule has 84 valence electrons. The second-order valence-corrected chi connectivity index (χ2v) is 3.64. The summed E-state index contributed by atoms with van der Waals surface area (Å²) in [5.74, 6) is 0.259. The first-order chi connectivity index (χ1) is 8.31. The van der Waals surface area contributed by atoms with Crippen molar-refractivity contribution in [3.8, 4) is 11.8 Å². The minimum absolute atomic E-state index is 0.259. The predicted octanol–water partition coefficient (Wildman–Crippen LogP) is 2.88. The van der Waals surface area contributed by atoms with Crippen molar-refractivity contribution in [3.63, 3.8) is 0 Å². The van der Waals surface area contributed by atoms with Crippen LogP contribution in [0.15, 0.2) is 48.5 Å². The summed E-state index contributed by atoms with van der Waals surface area (Å²) in [6.45, 7) is 0.491. The fourth-order valence-electron chi connectivity index (χ4n) is 1.59. The highest BCUT2D eigenvalue weighted by Crippen LogP contribution is 2.19. The Balaban J connectivity index is 2.13. The molecule has 2 aromatic rings. The third-order valence-corrected chi connectivity index (χ3v) is 2.51. The van der Waals surface area contributed by atoms with E-state index in [4.69, 9.17) is 5.26 Å². The van der Waals surface area contributed by atoms with Crippen molar-refractivity contribution in [1.82, 2.24) is 0 Å². The number of nitrogens with one attached hydrogen (secondary N) is 1. The number of rotatable bonds is 3. The van der Waals surface area contributed by atoms with Crippen molar-refractivity contribution in [3.05, 3.63) is 59.7 Å². The number of hydrogen-bond acceptors (Lipinski definition) is 3. The van der Waals surface area contributed by atoms with Gasteiger partial charge in [-0.05, 0) is 18.2 Å². The number of benzene rings is 2. The molecule has 0 saturated heterocycles. The molecular formula is C14H12N2O. The number of phenols is 1. The molecule has 0 heterocycles. The van der Waals surface area contributed by atoms with Crippen LogP contribution >= 0.6 is 0 Å². The molecule has 0 aliphatic carbocycles. The minimum atomic E-state index is 0.259. The monoisotopic (exact) mass is 224 g/mol. The van der Waals surface area contributed by atoms with Crippen LogP contribution in [0.3, 0.4) is 0 Å². The molecule has 0 radical (unpaired) electrons. The van der Waals surface area contributed by atoms with Crippen molar-refractivity contribution in [2.75, 3.05) is 5.32 Å². The van der Waals surface area contributed by atoms with Crippen LogP contribution in [-0.4, -0.2) is 5.11 Å². The highest BCUT2D eigenvalue weighted by Gasteiger charge is 2.02. The number of phenolic OH excluding ortho intramolecular Hbond substituents is 1. The van der Waals surface area contributed by atoms with Crippen molar-refractivity contribution in [2.24, 2.45) is 0 Å². The Morgan fingerprint density at radius 3 is 2.53 bits per heavy atom. The Morgan fingerprint density at radius 2 is 1.76 bits per heavy atom. The van der Waals surface area contributed by atoms with Crippen LogP contribution in [0.5, 0.6) is 5.75 Å². The summed E-state index contributed by atoms with van der Waals surface area (Å²) in [7, 11) is 0. The molecule has 2 rings (SSSR count). The van der Waals surface area contributed by atoms with E-state index >= 15 is 0 Å². The van der Waals surface area contributed by atoms with Gasteiger partial charge in [0.05, 0.1) is 11.3 Å². The van der Waals surface area contributed by atoms with Crippen molar-refractivity contribution < 1.29 is 5.11 Å². The molecular weight excluding hydrogens is 212 g/mol. The first-order valence-electron chi connectivity index (χ1n) is 5.31. The number of hydrogen-bond donors (Lipinski definition) is 2. The summed E-state index contributed by atoms with van der Waals surface area (Å²) < 4.78 is 0. The largest absolute Gasteiger partial charge is 0.508 e. The summed E-state index contributed by atoms with van der Waals surface area (Å²) >= 11 is 0. The average Bonchev–Trinajstić information content (AvgIpc) is 2.38. The van der Waals surface area contributed by atoms with Gasteiger partial charge in [-0.3, -0.25) is 0 Å². The van der Waals surface area contributed by atoms with E-state index in [0.717, 1.165) is 11.3 Å². The van der Waals surface area contributed by atoms with Crippen LogP contribution in [-0.2, 0) is 6.54 Å². The first-order valence-corrected chi connectivity index (χ1v) is 5.31. The molecule has 0 amide bonds. The number of anilines is 1. The zero-order chi connectivity index (χ0) is 12.1. The quantitative estimate of drug-likeness (QED) is 0.842. The lowest BCUT2D eigenvalue weighted by Gasteiger charge is -2.09. The fraction of sp³-hybridized carbons (Fsp3) is 0.0714. The topological polar surface area (TPSA) is 56.0 Å². The van der Waals surface area contributed by atoms with Crippen LogP contribution < -0.4 is 5.32 Å². The third kappa shape index (κ3) is 2.56. The molecule has 0 bridgehead atoms. The van der Waals surface area contributed by atoms with E-state index in [1.807, 2.05) is 30.3 Å². The number of aromatic hydroxyl groups is 1. The van der Waals surface area contributed by atoms with Crippen LogP contribution in [0.2, 0.25) is 0 Å². The van der Waals surface area contributed by atoms with Gasteiger partial charge in [-0.1, -0.05) is 30.3 Å². The molecule has 3 heteroatoms. The van der Waals surface area contributed by atoms with E-state index in [2.05, 4.69) is 11.4 Å². The van der Waals surface area contributed by atoms with Gasteiger partial charge in [-0.25, -0.2) is 0 Å². The molecule has 0 saturated carbocycles. The van der Waals surface area contributed by atoms with Gasteiger partial charge in [0.15, 0.2) is 0 Å². The SMILES string of the molecule is N#Cc1ccccc1NCc1ccccc1O. The van der Waals surface area contributed by atoms with Crippen molar-refractivity contribution in [1.29, 1.82) is 5.26 Å². The molecule has 0 atom stereocenters. The Labute approximate surface area is 100.0 Å². The second kappa shape index (κ2) is 5.04. The molecule has 0 aromatic heterocycles. The number of para-hydroxylation sites is 2. The lowest BCUT2D eigenvalue weighted by molar-refractivity contribution is 0.469. The van der Waals surface area contributed by atoms with Crippen LogP contribution in [0.25, 0.3) is 0 Å². The van der Waals surface area contributed by atoms with Gasteiger partial charge in [0, 0.05) is 12.1 Å². The van der Waals surface area contributed by atoms with Gasteiger partial charge in [-0.2, -0.15) is 5.26 Å². The number of nitriles is 1. The maximum Gasteiger partial charge on any atom is 0.120 e. The highest BCUT2D eigenvalue weighted by atomic mass is 16.3. The van der Waals surface area contributed by atoms with E-state index in [-0.39, 0.29) is 5.75 Å². The van der Waals surface area contributed by atoms with Crippen LogP contribution in [0.1, 0.15) is 11.1 Å². The van der Waals surface area contributed by atoms with Gasteiger partial charge in [0.1, 0.15) is 11.8 Å². The lowest BCUT2D eigenvalue weighted by atomic mass is 10.1. The van der Waals surface area contributed by atoms with E-state index in [9.17, 15) is 5.11 Å². The van der Waals surface area contributed by atoms with E-state index < -0.39 is 0 Å². The average molecular weight is 224 g/mol. The molecule has 0 spiro atoms. The Hall–Kier alpha value is -2.47. The highest BCUT2D eigenvalue weighted by molar-refractivity contribution is 5.57. The van der Waals surface area contributed by atoms with Crippen LogP contribution in [0.4, 0.5) is 5.69 Å². The van der Waals surface area contributed by atoms with Gasteiger partial charge in [-0.15, -0.1) is 0 Å². The van der Waals surface area contributed by atoms with Gasteiger partial charge in [0.25, 0.3) is 0 Å². The molecule has 3 nitrogen and oxygen atoms in total. The maximum absolute atomic E-state index is 9.61. The molecule has 0 aliphatic rings. The maximum atomic E-state index is 9.61. The normalized spacial score (nSPS) is 9.59. The smallest absolute Gasteiger partial charge is 0.120 e. The molecule has 0 fully saturated rings. The standard InChI is InChI=1S/C14H12N2O/c15-9-11-5-1-3-7-13(11)16-10-12-6-2-4-8-14(12)17/h1-8,16-17H,10H2. The first kappa shape index (κ1) is 11.0. The van der Waals surface area contributed by atoms with E-state index in [1.54, 1.807) is 18.2 Å². The van der Waals surface area contributed by atoms with Crippen molar-refractivity contribution >= 4 is 5.69 Å². The zero-order valence-corrected chi connectivity index (χ0v) is 9.22. The summed E-state index contributed by atoms with van der Waals surface area (Å²) in [5, 5.41) is 21.7. The van der Waals surface area contributed by atoms with Crippen LogP contribution in [0, 0.1) is 11.3 Å². The lowest BCUT2D eigenvalue weighted by Crippen LogP contribution is -2.01. The molecule has 17 heavy (non-hydrogen) atoms. The zero-order valence-electron chi connectivity index (χ0n) is 9.22. The Morgan fingerprint density at radius 1 is 1.06 bits per heavy atom. The number of nitrogens with zero attached hydrogens (tertiary/aromatic N) is 1. The third-order valence-electron chi connectivity index (χ3n) is 2.51. The summed E-state index contributed by atoms with van der Waals surface area (Å²) in [6, 6.07) is 16.6. The molecule has 2 aromatic carbocycles. The summed E-state index contributed by atoms with van der Waals surface area (Å²) in [4.78, 5) is 0. The molecule has 0 unspecified atom stereocenters. The van der Waals surface area contributed by atoms with E-state index in [1.165, 1.54) is 0 Å². The minimum Gasteiger partial charge on any atom is -0.508 e. The second-order valence-electron chi connectivity index (χ2n) is 3.64. The molecule has 2 N–H and O–H groups in total.